The quantitative estimate of drug-likeness (QED) is 0.545. The van der Waals surface area contributed by atoms with Gasteiger partial charge in [-0.1, -0.05) is 15.9 Å². The van der Waals surface area contributed by atoms with Crippen LogP contribution in [-0.2, 0) is 9.47 Å². The molecule has 0 saturated carbocycles. The van der Waals surface area contributed by atoms with Crippen LogP contribution in [0.3, 0.4) is 0 Å². The molecule has 0 unspecified atom stereocenters. The summed E-state index contributed by atoms with van der Waals surface area (Å²) in [6.45, 7) is 8.26. The van der Waals surface area contributed by atoms with Crippen molar-refractivity contribution >= 4 is 22.0 Å². The predicted molar refractivity (Wildman–Crippen MR) is 60.8 cm³/mol. The third kappa shape index (κ3) is 4.30. The fraction of sp³-hybridized carbons (Fsp3) is 0.800. The average molecular weight is 279 g/mol. The molecule has 1 rings (SSSR count). The van der Waals surface area contributed by atoms with E-state index in [0.717, 1.165) is 0 Å². The standard InChI is InChI=1S/C10H17BrNO3/c1-10(2,3)15-9(13)12-4-5-14-8(6-11)7-12/h5,8H,4,6-7H2,1-3H3/q+1/t8-/m1/s1. The fourth-order valence-corrected chi connectivity index (χ4v) is 1.55. The van der Waals surface area contributed by atoms with Gasteiger partial charge in [0.25, 0.3) is 0 Å². The van der Waals surface area contributed by atoms with E-state index in [0.29, 0.717) is 18.4 Å². The maximum atomic E-state index is 11.7. The van der Waals surface area contributed by atoms with E-state index in [1.54, 1.807) is 11.5 Å². The molecule has 0 aliphatic carbocycles. The SMILES string of the molecule is CC(C)(C)OC(=O)N1C[CH+]O[C@H](CBr)C1. The van der Waals surface area contributed by atoms with Gasteiger partial charge in [0.1, 0.15) is 11.7 Å². The summed E-state index contributed by atoms with van der Waals surface area (Å²) in [7, 11) is 0. The average Bonchev–Trinajstić information content (AvgIpc) is 2.15. The van der Waals surface area contributed by atoms with Crippen LogP contribution in [0.2, 0.25) is 0 Å². The minimum absolute atomic E-state index is 0.0197. The molecular weight excluding hydrogens is 262 g/mol. The van der Waals surface area contributed by atoms with Gasteiger partial charge in [0, 0.05) is 5.33 Å². The van der Waals surface area contributed by atoms with Gasteiger partial charge < -0.3 is 4.74 Å². The van der Waals surface area contributed by atoms with E-state index in [-0.39, 0.29) is 12.2 Å². The molecule has 0 aromatic heterocycles. The second-order valence-electron chi connectivity index (χ2n) is 4.46. The molecule has 1 saturated heterocycles. The summed E-state index contributed by atoms with van der Waals surface area (Å²) in [4.78, 5) is 13.3. The van der Waals surface area contributed by atoms with Crippen molar-refractivity contribution in [2.24, 2.45) is 0 Å². The Morgan fingerprint density at radius 2 is 2.33 bits per heavy atom. The summed E-state index contributed by atoms with van der Waals surface area (Å²) in [6, 6.07) is 0. The second kappa shape index (κ2) is 5.07. The molecule has 0 radical (unpaired) electrons. The maximum Gasteiger partial charge on any atom is 0.413 e. The molecule has 4 nitrogen and oxygen atoms in total. The number of carbonyl (C=O) groups excluding carboxylic acids is 1. The molecule has 5 heteroatoms. The molecule has 1 fully saturated rings. The van der Waals surface area contributed by atoms with Crippen molar-refractivity contribution in [2.45, 2.75) is 32.5 Å². The monoisotopic (exact) mass is 278 g/mol. The number of nitrogens with zero attached hydrogens (tertiary/aromatic N) is 1. The molecule has 1 heterocycles. The largest absolute Gasteiger partial charge is 0.444 e. The molecule has 0 N–H and O–H groups in total. The van der Waals surface area contributed by atoms with Crippen molar-refractivity contribution in [3.8, 4) is 0 Å². The lowest BCUT2D eigenvalue weighted by Gasteiger charge is -2.28. The normalized spacial score (nSPS) is 22.1. The number of ether oxygens (including phenoxy) is 2. The summed E-state index contributed by atoms with van der Waals surface area (Å²) in [5.41, 5.74) is -0.445. The first kappa shape index (κ1) is 12.6. The number of rotatable bonds is 1. The van der Waals surface area contributed by atoms with E-state index in [1.165, 1.54) is 0 Å². The molecule has 0 spiro atoms. The Kier molecular flexibility index (Phi) is 4.28. The maximum absolute atomic E-state index is 11.7. The number of alkyl halides is 1. The molecule has 1 aliphatic heterocycles. The number of amides is 1. The minimum atomic E-state index is -0.445. The second-order valence-corrected chi connectivity index (χ2v) is 5.11. The van der Waals surface area contributed by atoms with E-state index >= 15 is 0 Å². The molecule has 0 aromatic carbocycles. The summed E-state index contributed by atoms with van der Waals surface area (Å²) in [5, 5.41) is 0.711. The number of halogens is 1. The molecule has 15 heavy (non-hydrogen) atoms. The summed E-state index contributed by atoms with van der Waals surface area (Å²) < 4.78 is 10.6. The van der Waals surface area contributed by atoms with E-state index in [4.69, 9.17) is 9.47 Å². The van der Waals surface area contributed by atoms with Crippen LogP contribution in [0, 0.1) is 6.61 Å². The van der Waals surface area contributed by atoms with Gasteiger partial charge in [-0.25, -0.2) is 4.79 Å². The van der Waals surface area contributed by atoms with Crippen molar-refractivity contribution < 1.29 is 14.3 Å². The molecular formula is C10H17BrNO3+. The Hall–Kier alpha value is -0.420. The Bertz CT molecular complexity index is 227. The number of hydrogen-bond acceptors (Lipinski definition) is 3. The van der Waals surface area contributed by atoms with E-state index < -0.39 is 5.60 Å². The predicted octanol–water partition coefficient (Wildman–Crippen LogP) is 2.18. The Morgan fingerprint density at radius 3 is 2.87 bits per heavy atom. The Balaban J connectivity index is 2.45. The van der Waals surface area contributed by atoms with Crippen LogP contribution in [0.1, 0.15) is 20.8 Å². The van der Waals surface area contributed by atoms with Crippen molar-refractivity contribution in [3.63, 3.8) is 0 Å². The first-order chi connectivity index (χ1) is 6.92. The molecule has 1 aliphatic rings. The number of hydrogen-bond donors (Lipinski definition) is 0. The van der Waals surface area contributed by atoms with E-state index in [9.17, 15) is 4.79 Å². The first-order valence-electron chi connectivity index (χ1n) is 4.93. The van der Waals surface area contributed by atoms with Gasteiger partial charge in [-0.15, -0.1) is 0 Å². The lowest BCUT2D eigenvalue weighted by Crippen LogP contribution is -2.46. The van der Waals surface area contributed by atoms with Gasteiger partial charge >= 0.3 is 6.09 Å². The highest BCUT2D eigenvalue weighted by molar-refractivity contribution is 9.09. The highest BCUT2D eigenvalue weighted by Crippen LogP contribution is 2.15. The van der Waals surface area contributed by atoms with E-state index in [2.05, 4.69) is 15.9 Å². The van der Waals surface area contributed by atoms with Crippen LogP contribution < -0.4 is 0 Å². The highest BCUT2D eigenvalue weighted by atomic mass is 79.9. The number of carbonyl (C=O) groups is 1. The Morgan fingerprint density at radius 1 is 1.67 bits per heavy atom. The van der Waals surface area contributed by atoms with Crippen LogP contribution in [0.4, 0.5) is 4.79 Å². The zero-order chi connectivity index (χ0) is 11.5. The Labute approximate surface area is 99.0 Å². The summed E-state index contributed by atoms with van der Waals surface area (Å²) in [5.74, 6) is 0. The number of morpholine rings is 1. The topological polar surface area (TPSA) is 38.8 Å². The smallest absolute Gasteiger partial charge is 0.413 e. The highest BCUT2D eigenvalue weighted by Gasteiger charge is 2.32. The van der Waals surface area contributed by atoms with Crippen molar-refractivity contribution in [3.05, 3.63) is 6.61 Å². The lowest BCUT2D eigenvalue weighted by molar-refractivity contribution is -0.0101. The van der Waals surface area contributed by atoms with Crippen LogP contribution in [-0.4, -0.2) is 41.1 Å². The van der Waals surface area contributed by atoms with E-state index in [1.807, 2.05) is 20.8 Å². The molecule has 0 aromatic rings. The van der Waals surface area contributed by atoms with Crippen LogP contribution in [0.5, 0.6) is 0 Å². The van der Waals surface area contributed by atoms with Crippen LogP contribution in [0.25, 0.3) is 0 Å². The van der Waals surface area contributed by atoms with Gasteiger partial charge in [-0.05, 0) is 20.8 Å². The third-order valence-electron chi connectivity index (χ3n) is 1.83. The third-order valence-corrected chi connectivity index (χ3v) is 2.55. The fourth-order valence-electron chi connectivity index (χ4n) is 1.19. The van der Waals surface area contributed by atoms with Crippen molar-refractivity contribution in [1.82, 2.24) is 4.90 Å². The zero-order valence-corrected chi connectivity index (χ0v) is 10.9. The molecule has 1 amide bonds. The molecule has 0 bridgehead atoms. The minimum Gasteiger partial charge on any atom is -0.444 e. The van der Waals surface area contributed by atoms with Crippen molar-refractivity contribution in [1.29, 1.82) is 0 Å². The zero-order valence-electron chi connectivity index (χ0n) is 9.33. The summed E-state index contributed by atoms with van der Waals surface area (Å²) in [6.07, 6.45) is -0.265. The van der Waals surface area contributed by atoms with Gasteiger partial charge in [-0.2, -0.15) is 4.74 Å². The molecule has 1 atom stereocenters. The van der Waals surface area contributed by atoms with Gasteiger partial charge in [0.05, 0.1) is 6.54 Å². The van der Waals surface area contributed by atoms with Crippen LogP contribution >= 0.6 is 15.9 Å². The van der Waals surface area contributed by atoms with Gasteiger partial charge in [0.15, 0.2) is 6.54 Å². The van der Waals surface area contributed by atoms with Crippen LogP contribution in [0.15, 0.2) is 0 Å². The first-order valence-corrected chi connectivity index (χ1v) is 6.05. The lowest BCUT2D eigenvalue weighted by atomic mass is 10.2. The van der Waals surface area contributed by atoms with Gasteiger partial charge in [0.2, 0.25) is 6.61 Å². The van der Waals surface area contributed by atoms with Crippen molar-refractivity contribution in [2.75, 3.05) is 18.4 Å². The summed E-state index contributed by atoms with van der Waals surface area (Å²) >= 11 is 3.33. The van der Waals surface area contributed by atoms with Gasteiger partial charge in [-0.3, -0.25) is 4.90 Å². The molecule has 86 valence electrons.